The summed E-state index contributed by atoms with van der Waals surface area (Å²) in [6.45, 7) is 1.33. The monoisotopic (exact) mass is 346 g/mol. The van der Waals surface area contributed by atoms with Gasteiger partial charge >= 0.3 is 0 Å². The number of carbonyl (C=O) groups excluding carboxylic acids is 1. The van der Waals surface area contributed by atoms with E-state index in [-0.39, 0.29) is 12.0 Å². The lowest BCUT2D eigenvalue weighted by molar-refractivity contribution is 0.0771. The molecule has 0 N–H and O–H groups in total. The Hall–Kier alpha value is -1.88. The Bertz CT molecular complexity index is 633. The minimum Gasteiger partial charge on any atom is -0.488 e. The molecule has 21 heavy (non-hydrogen) atoms. The van der Waals surface area contributed by atoms with Gasteiger partial charge in [-0.3, -0.25) is 9.78 Å². The quantitative estimate of drug-likeness (QED) is 0.857. The van der Waals surface area contributed by atoms with Crippen LogP contribution in [0, 0.1) is 0 Å². The van der Waals surface area contributed by atoms with Crippen molar-refractivity contribution >= 4 is 21.8 Å². The number of rotatable bonds is 3. The van der Waals surface area contributed by atoms with Gasteiger partial charge < -0.3 is 9.64 Å². The van der Waals surface area contributed by atoms with Gasteiger partial charge in [-0.05, 0) is 40.2 Å². The van der Waals surface area contributed by atoms with Crippen molar-refractivity contribution in [1.29, 1.82) is 0 Å². The summed E-state index contributed by atoms with van der Waals surface area (Å²) in [5, 5.41) is 0. The van der Waals surface area contributed by atoms with E-state index in [0.29, 0.717) is 12.1 Å². The average Bonchev–Trinajstić information content (AvgIpc) is 2.97. The molecule has 1 aliphatic rings. The van der Waals surface area contributed by atoms with Gasteiger partial charge in [-0.15, -0.1) is 0 Å². The second kappa shape index (κ2) is 6.26. The minimum atomic E-state index is 0.0406. The van der Waals surface area contributed by atoms with Gasteiger partial charge in [0.25, 0.3) is 5.91 Å². The summed E-state index contributed by atoms with van der Waals surface area (Å²) < 4.78 is 6.70. The number of aromatic nitrogens is 1. The van der Waals surface area contributed by atoms with Crippen molar-refractivity contribution in [2.45, 2.75) is 12.5 Å². The smallest absolute Gasteiger partial charge is 0.255 e. The molecular formula is C16H15BrN2O2. The summed E-state index contributed by atoms with van der Waals surface area (Å²) in [6.07, 6.45) is 4.29. The van der Waals surface area contributed by atoms with Crippen LogP contribution in [0.2, 0.25) is 0 Å². The maximum Gasteiger partial charge on any atom is 0.255 e. The molecule has 1 atom stereocenters. The van der Waals surface area contributed by atoms with Crippen molar-refractivity contribution in [2.24, 2.45) is 0 Å². The second-order valence-corrected chi connectivity index (χ2v) is 5.80. The van der Waals surface area contributed by atoms with Crippen molar-refractivity contribution < 1.29 is 9.53 Å². The molecule has 4 nitrogen and oxygen atoms in total. The second-order valence-electron chi connectivity index (χ2n) is 4.94. The van der Waals surface area contributed by atoms with Gasteiger partial charge in [0.05, 0.1) is 12.1 Å². The zero-order valence-electron chi connectivity index (χ0n) is 11.4. The molecule has 0 aliphatic carbocycles. The van der Waals surface area contributed by atoms with Crippen LogP contribution in [0.5, 0.6) is 5.75 Å². The molecule has 5 heteroatoms. The summed E-state index contributed by atoms with van der Waals surface area (Å²) in [4.78, 5) is 18.3. The number of benzene rings is 1. The van der Waals surface area contributed by atoms with Crippen molar-refractivity contribution in [2.75, 3.05) is 13.1 Å². The van der Waals surface area contributed by atoms with Crippen LogP contribution in [0.1, 0.15) is 16.8 Å². The Labute approximate surface area is 131 Å². The highest BCUT2D eigenvalue weighted by molar-refractivity contribution is 9.10. The number of hydrogen-bond donors (Lipinski definition) is 0. The predicted molar refractivity (Wildman–Crippen MR) is 83.3 cm³/mol. The molecule has 3 rings (SSSR count). The SMILES string of the molecule is O=C(c1ccccc1Br)N1CC[C@H](Oc2ccncc2)C1. The number of pyridine rings is 1. The van der Waals surface area contributed by atoms with Crippen molar-refractivity contribution in [3.63, 3.8) is 0 Å². The first kappa shape index (κ1) is 14.1. The minimum absolute atomic E-state index is 0.0406. The van der Waals surface area contributed by atoms with E-state index in [2.05, 4.69) is 20.9 Å². The number of amides is 1. The van der Waals surface area contributed by atoms with E-state index in [4.69, 9.17) is 4.74 Å². The van der Waals surface area contributed by atoms with Crippen LogP contribution in [-0.2, 0) is 0 Å². The third kappa shape index (κ3) is 3.24. The first-order valence-corrected chi connectivity index (χ1v) is 7.64. The normalized spacial score (nSPS) is 17.8. The molecule has 0 saturated carbocycles. The van der Waals surface area contributed by atoms with Gasteiger partial charge in [0, 0.05) is 29.8 Å². The highest BCUT2D eigenvalue weighted by Gasteiger charge is 2.28. The largest absolute Gasteiger partial charge is 0.488 e. The summed E-state index contributed by atoms with van der Waals surface area (Å²) in [6, 6.07) is 11.2. The first-order chi connectivity index (χ1) is 10.2. The Balaban J connectivity index is 1.65. The van der Waals surface area contributed by atoms with Crippen LogP contribution >= 0.6 is 15.9 Å². The number of carbonyl (C=O) groups is 1. The Morgan fingerprint density at radius 1 is 1.24 bits per heavy atom. The molecule has 0 spiro atoms. The average molecular weight is 347 g/mol. The van der Waals surface area contributed by atoms with E-state index in [9.17, 15) is 4.79 Å². The fourth-order valence-electron chi connectivity index (χ4n) is 2.42. The van der Waals surface area contributed by atoms with Gasteiger partial charge in [0.15, 0.2) is 0 Å². The molecule has 0 radical (unpaired) electrons. The number of hydrogen-bond acceptors (Lipinski definition) is 3. The van der Waals surface area contributed by atoms with E-state index in [1.807, 2.05) is 41.3 Å². The molecular weight excluding hydrogens is 332 g/mol. The van der Waals surface area contributed by atoms with Gasteiger partial charge in [0.1, 0.15) is 11.9 Å². The molecule has 2 heterocycles. The maximum absolute atomic E-state index is 12.5. The fraction of sp³-hybridized carbons (Fsp3) is 0.250. The van der Waals surface area contributed by atoms with Crippen molar-refractivity contribution in [3.8, 4) is 5.75 Å². The Kier molecular flexibility index (Phi) is 4.20. The topological polar surface area (TPSA) is 42.4 Å². The Morgan fingerprint density at radius 3 is 2.76 bits per heavy atom. The highest BCUT2D eigenvalue weighted by Crippen LogP contribution is 2.22. The zero-order valence-corrected chi connectivity index (χ0v) is 13.0. The molecule has 2 aromatic rings. The Morgan fingerprint density at radius 2 is 2.00 bits per heavy atom. The first-order valence-electron chi connectivity index (χ1n) is 6.84. The lowest BCUT2D eigenvalue weighted by Crippen LogP contribution is -2.31. The summed E-state index contributed by atoms with van der Waals surface area (Å²) in [5.74, 6) is 0.841. The molecule has 108 valence electrons. The number of ether oxygens (including phenoxy) is 1. The van der Waals surface area contributed by atoms with Gasteiger partial charge in [-0.25, -0.2) is 0 Å². The van der Waals surface area contributed by atoms with E-state index in [1.165, 1.54) is 0 Å². The van der Waals surface area contributed by atoms with Crippen LogP contribution in [-0.4, -0.2) is 35.0 Å². The van der Waals surface area contributed by atoms with Crippen LogP contribution in [0.15, 0.2) is 53.3 Å². The van der Waals surface area contributed by atoms with E-state index >= 15 is 0 Å². The van der Waals surface area contributed by atoms with Crippen LogP contribution in [0.3, 0.4) is 0 Å². The lowest BCUT2D eigenvalue weighted by Gasteiger charge is -2.18. The lowest BCUT2D eigenvalue weighted by atomic mass is 10.2. The highest BCUT2D eigenvalue weighted by atomic mass is 79.9. The predicted octanol–water partition coefficient (Wildman–Crippen LogP) is 3.14. The number of likely N-dealkylation sites (tertiary alicyclic amines) is 1. The van der Waals surface area contributed by atoms with Gasteiger partial charge in [-0.2, -0.15) is 0 Å². The molecule has 0 unspecified atom stereocenters. The van der Waals surface area contributed by atoms with E-state index < -0.39 is 0 Å². The zero-order chi connectivity index (χ0) is 14.7. The van der Waals surface area contributed by atoms with Crippen molar-refractivity contribution in [1.82, 2.24) is 9.88 Å². The number of halogens is 1. The third-order valence-corrected chi connectivity index (χ3v) is 4.18. The maximum atomic E-state index is 12.5. The molecule has 0 bridgehead atoms. The molecule has 1 saturated heterocycles. The molecule has 1 aliphatic heterocycles. The standard InChI is InChI=1S/C16H15BrN2O2/c17-15-4-2-1-3-14(15)16(20)19-10-7-13(11-19)21-12-5-8-18-9-6-12/h1-6,8-9,13H,7,10-11H2/t13-/m0/s1. The molecule has 1 aromatic heterocycles. The van der Waals surface area contributed by atoms with Crippen LogP contribution in [0.25, 0.3) is 0 Å². The van der Waals surface area contributed by atoms with Gasteiger partial charge in [0.2, 0.25) is 0 Å². The molecule has 1 aromatic carbocycles. The summed E-state index contributed by atoms with van der Waals surface area (Å²) >= 11 is 3.43. The van der Waals surface area contributed by atoms with Crippen LogP contribution < -0.4 is 4.74 Å². The molecule has 1 amide bonds. The van der Waals surface area contributed by atoms with Gasteiger partial charge in [-0.1, -0.05) is 12.1 Å². The van der Waals surface area contributed by atoms with Crippen molar-refractivity contribution in [3.05, 3.63) is 58.8 Å². The molecule has 1 fully saturated rings. The van der Waals surface area contributed by atoms with E-state index in [0.717, 1.165) is 23.2 Å². The number of nitrogens with zero attached hydrogens (tertiary/aromatic N) is 2. The summed E-state index contributed by atoms with van der Waals surface area (Å²) in [5.41, 5.74) is 0.696. The third-order valence-electron chi connectivity index (χ3n) is 3.49. The van der Waals surface area contributed by atoms with Crippen LogP contribution in [0.4, 0.5) is 0 Å². The van der Waals surface area contributed by atoms with E-state index in [1.54, 1.807) is 12.4 Å². The fourth-order valence-corrected chi connectivity index (χ4v) is 2.88. The summed E-state index contributed by atoms with van der Waals surface area (Å²) in [7, 11) is 0.